The molecule has 0 aliphatic heterocycles. The minimum Gasteiger partial charge on any atom is -0.496 e. The Kier molecular flexibility index (Phi) is 4.18. The number of anilines is 1. The molecule has 2 atom stereocenters. The highest BCUT2D eigenvalue weighted by atomic mass is 19.1. The van der Waals surface area contributed by atoms with Gasteiger partial charge in [-0.25, -0.2) is 14.4 Å². The number of nitrogens with one attached hydrogen (secondary N) is 1. The van der Waals surface area contributed by atoms with Gasteiger partial charge in [-0.05, 0) is 24.6 Å². The number of pyridine rings is 2. The molecular formula is C19H19FN4O3. The summed E-state index contributed by atoms with van der Waals surface area (Å²) >= 11 is 0. The number of alkyl halides is 1. The van der Waals surface area contributed by atoms with E-state index in [1.807, 2.05) is 17.7 Å². The summed E-state index contributed by atoms with van der Waals surface area (Å²) in [5.41, 5.74) is 2.43. The number of amides is 1. The Morgan fingerprint density at radius 2 is 2.07 bits per heavy atom. The number of halogens is 1. The second kappa shape index (κ2) is 6.53. The van der Waals surface area contributed by atoms with Gasteiger partial charge in [-0.15, -0.1) is 0 Å². The van der Waals surface area contributed by atoms with Gasteiger partial charge in [0.1, 0.15) is 23.3 Å². The van der Waals surface area contributed by atoms with Crippen molar-refractivity contribution in [2.24, 2.45) is 13.0 Å². The summed E-state index contributed by atoms with van der Waals surface area (Å²) in [6, 6.07) is 5.48. The van der Waals surface area contributed by atoms with Crippen molar-refractivity contribution in [2.45, 2.75) is 12.6 Å². The predicted molar refractivity (Wildman–Crippen MR) is 98.7 cm³/mol. The van der Waals surface area contributed by atoms with E-state index in [0.29, 0.717) is 17.4 Å². The second-order valence-corrected chi connectivity index (χ2v) is 6.46. The summed E-state index contributed by atoms with van der Waals surface area (Å²) in [6.45, 7) is 0. The first-order valence-electron chi connectivity index (χ1n) is 8.51. The number of methoxy groups -OCH3 is 2. The zero-order valence-corrected chi connectivity index (χ0v) is 15.2. The first-order chi connectivity index (χ1) is 13.0. The average molecular weight is 370 g/mol. The van der Waals surface area contributed by atoms with Crippen molar-refractivity contribution in [3.8, 4) is 22.9 Å². The zero-order chi connectivity index (χ0) is 19.1. The standard InChI is InChI=1S/C19H19FN4O3/c1-24-13(17-15(26-2)4-5-21-19(17)27-3)6-10-7-16(22-9-14(10)24)23-18(25)11-8-12(11)20/h4-7,9,11-12H,8H2,1-3H3,(H,22,23,25)/t11-,12+/m1/s1. The normalized spacial score (nSPS) is 18.4. The predicted octanol–water partition coefficient (Wildman–Crippen LogP) is 2.95. The minimum atomic E-state index is -1.04. The number of aryl methyl sites for hydroxylation is 1. The van der Waals surface area contributed by atoms with Gasteiger partial charge in [0.25, 0.3) is 0 Å². The lowest BCUT2D eigenvalue weighted by Gasteiger charge is -2.12. The van der Waals surface area contributed by atoms with E-state index >= 15 is 0 Å². The molecule has 27 heavy (non-hydrogen) atoms. The fourth-order valence-corrected chi connectivity index (χ4v) is 3.18. The molecule has 1 N–H and O–H groups in total. The lowest BCUT2D eigenvalue weighted by molar-refractivity contribution is -0.117. The molecule has 1 aliphatic carbocycles. The minimum absolute atomic E-state index is 0.282. The van der Waals surface area contributed by atoms with Gasteiger partial charge in [0, 0.05) is 18.6 Å². The maximum atomic E-state index is 13.1. The van der Waals surface area contributed by atoms with Crippen molar-refractivity contribution < 1.29 is 18.7 Å². The molecule has 8 heteroatoms. The Labute approximate surface area is 155 Å². The number of nitrogens with zero attached hydrogens (tertiary/aromatic N) is 3. The number of carbonyl (C=O) groups is 1. The third-order valence-electron chi connectivity index (χ3n) is 4.78. The van der Waals surface area contributed by atoms with E-state index in [0.717, 1.165) is 22.2 Å². The van der Waals surface area contributed by atoms with Crippen molar-refractivity contribution >= 4 is 22.6 Å². The summed E-state index contributed by atoms with van der Waals surface area (Å²) < 4.78 is 25.9. The molecule has 0 unspecified atom stereocenters. The molecule has 0 bridgehead atoms. The molecule has 140 valence electrons. The Hall–Kier alpha value is -3.16. The van der Waals surface area contributed by atoms with Crippen molar-refractivity contribution in [1.82, 2.24) is 14.5 Å². The SMILES string of the molecule is COc1ccnc(OC)c1-c1cc2cc(NC(=O)[C@@H]3C[C@@H]3F)ncc2n1C. The van der Waals surface area contributed by atoms with Crippen LogP contribution in [0.5, 0.6) is 11.6 Å². The number of aromatic nitrogens is 3. The molecule has 1 amide bonds. The first-order valence-corrected chi connectivity index (χ1v) is 8.51. The molecule has 1 fully saturated rings. The number of hydrogen-bond donors (Lipinski definition) is 1. The van der Waals surface area contributed by atoms with Gasteiger partial charge in [-0.1, -0.05) is 0 Å². The third kappa shape index (κ3) is 2.97. The number of carbonyl (C=O) groups excluding carboxylic acids is 1. The van der Waals surface area contributed by atoms with Crippen LogP contribution in [0, 0.1) is 5.92 Å². The van der Waals surface area contributed by atoms with Crippen molar-refractivity contribution in [2.75, 3.05) is 19.5 Å². The second-order valence-electron chi connectivity index (χ2n) is 6.46. The van der Waals surface area contributed by atoms with Crippen molar-refractivity contribution in [1.29, 1.82) is 0 Å². The van der Waals surface area contributed by atoms with Gasteiger partial charge in [0.2, 0.25) is 11.8 Å². The quantitative estimate of drug-likeness (QED) is 0.747. The zero-order valence-electron chi connectivity index (χ0n) is 15.2. The van der Waals surface area contributed by atoms with E-state index < -0.39 is 12.1 Å². The fraction of sp³-hybridized carbons (Fsp3) is 0.316. The molecule has 1 saturated carbocycles. The molecule has 1 aliphatic rings. The smallest absolute Gasteiger partial charge is 0.231 e. The van der Waals surface area contributed by atoms with E-state index in [4.69, 9.17) is 9.47 Å². The van der Waals surface area contributed by atoms with Gasteiger partial charge < -0.3 is 19.4 Å². The molecule has 0 radical (unpaired) electrons. The van der Waals surface area contributed by atoms with Crippen LogP contribution in [0.2, 0.25) is 0 Å². The Bertz CT molecular complexity index is 1010. The topological polar surface area (TPSA) is 78.3 Å². The van der Waals surface area contributed by atoms with E-state index in [2.05, 4.69) is 15.3 Å². The number of hydrogen-bond acceptors (Lipinski definition) is 5. The van der Waals surface area contributed by atoms with Crippen LogP contribution in [-0.2, 0) is 11.8 Å². The molecule has 7 nitrogen and oxygen atoms in total. The van der Waals surface area contributed by atoms with Crippen LogP contribution >= 0.6 is 0 Å². The molecular weight excluding hydrogens is 351 g/mol. The lowest BCUT2D eigenvalue weighted by atomic mass is 10.1. The van der Waals surface area contributed by atoms with E-state index in [1.165, 1.54) is 0 Å². The average Bonchev–Trinajstić information content (AvgIpc) is 3.33. The Morgan fingerprint density at radius 3 is 2.74 bits per heavy atom. The number of rotatable bonds is 5. The molecule has 0 aromatic carbocycles. The van der Waals surface area contributed by atoms with Gasteiger partial charge in [0.15, 0.2) is 0 Å². The third-order valence-corrected chi connectivity index (χ3v) is 4.78. The number of ether oxygens (including phenoxy) is 2. The lowest BCUT2D eigenvalue weighted by Crippen LogP contribution is -2.15. The van der Waals surface area contributed by atoms with Crippen LogP contribution in [0.25, 0.3) is 22.2 Å². The van der Waals surface area contributed by atoms with Crippen LogP contribution < -0.4 is 14.8 Å². The fourth-order valence-electron chi connectivity index (χ4n) is 3.18. The Morgan fingerprint density at radius 1 is 1.30 bits per heavy atom. The van der Waals surface area contributed by atoms with E-state index in [9.17, 15) is 9.18 Å². The molecule has 3 heterocycles. The summed E-state index contributed by atoms with van der Waals surface area (Å²) in [5.74, 6) is 0.592. The van der Waals surface area contributed by atoms with E-state index in [1.54, 1.807) is 38.7 Å². The van der Waals surface area contributed by atoms with Gasteiger partial charge in [-0.3, -0.25) is 4.79 Å². The molecule has 0 spiro atoms. The molecule has 4 rings (SSSR count). The van der Waals surface area contributed by atoms with E-state index in [-0.39, 0.29) is 12.3 Å². The molecule has 3 aromatic heterocycles. The van der Waals surface area contributed by atoms with Crippen LogP contribution in [-0.4, -0.2) is 40.8 Å². The summed E-state index contributed by atoms with van der Waals surface area (Å²) in [5, 5.41) is 3.55. The summed E-state index contributed by atoms with van der Waals surface area (Å²) in [6.07, 6.45) is 2.53. The first kappa shape index (κ1) is 17.3. The van der Waals surface area contributed by atoms with Gasteiger partial charge in [0.05, 0.1) is 37.5 Å². The van der Waals surface area contributed by atoms with Crippen molar-refractivity contribution in [3.05, 3.63) is 30.6 Å². The van der Waals surface area contributed by atoms with Crippen molar-refractivity contribution in [3.63, 3.8) is 0 Å². The molecule has 0 saturated heterocycles. The highest BCUT2D eigenvalue weighted by Gasteiger charge is 2.43. The van der Waals surface area contributed by atoms with Crippen LogP contribution in [0.3, 0.4) is 0 Å². The maximum Gasteiger partial charge on any atom is 0.231 e. The largest absolute Gasteiger partial charge is 0.496 e. The summed E-state index contributed by atoms with van der Waals surface area (Å²) in [7, 11) is 5.05. The highest BCUT2D eigenvalue weighted by Crippen LogP contribution is 2.39. The van der Waals surface area contributed by atoms with Crippen LogP contribution in [0.15, 0.2) is 30.6 Å². The van der Waals surface area contributed by atoms with Crippen LogP contribution in [0.4, 0.5) is 10.2 Å². The highest BCUT2D eigenvalue weighted by molar-refractivity contribution is 5.96. The Balaban J connectivity index is 1.75. The number of fused-ring (bicyclic) bond motifs is 1. The molecule has 3 aromatic rings. The van der Waals surface area contributed by atoms with Gasteiger partial charge in [-0.2, -0.15) is 0 Å². The summed E-state index contributed by atoms with van der Waals surface area (Å²) in [4.78, 5) is 20.5. The maximum absolute atomic E-state index is 13.1. The van der Waals surface area contributed by atoms with Gasteiger partial charge >= 0.3 is 0 Å². The monoisotopic (exact) mass is 370 g/mol. The van der Waals surface area contributed by atoms with Crippen LogP contribution in [0.1, 0.15) is 6.42 Å².